The van der Waals surface area contributed by atoms with Crippen molar-refractivity contribution in [2.24, 2.45) is 0 Å². The van der Waals surface area contributed by atoms with Crippen molar-refractivity contribution < 1.29 is 4.42 Å². The average Bonchev–Trinajstić information content (AvgIpc) is 2.78. The molecule has 0 aliphatic rings. The fourth-order valence-corrected chi connectivity index (χ4v) is 2.79. The Kier molecular flexibility index (Phi) is 2.91. The summed E-state index contributed by atoms with van der Waals surface area (Å²) in [4.78, 5) is 9.67. The predicted molar refractivity (Wildman–Crippen MR) is 76.3 cm³/mol. The van der Waals surface area contributed by atoms with Gasteiger partial charge in [-0.15, -0.1) is 0 Å². The van der Waals surface area contributed by atoms with Gasteiger partial charge < -0.3 is 10.2 Å². The van der Waals surface area contributed by atoms with Crippen LogP contribution >= 0.6 is 11.8 Å². The van der Waals surface area contributed by atoms with E-state index in [-0.39, 0.29) is 0 Å². The molecule has 0 amide bonds. The Hall–Kier alpha value is -2.01. The third-order valence-corrected chi connectivity index (χ3v) is 3.76. The van der Waals surface area contributed by atoms with Crippen molar-refractivity contribution in [1.82, 2.24) is 9.97 Å². The molecule has 3 aromatic rings. The van der Waals surface area contributed by atoms with Crippen molar-refractivity contribution in [3.63, 3.8) is 0 Å². The highest BCUT2D eigenvalue weighted by Gasteiger charge is 2.09. The third kappa shape index (κ3) is 2.29. The van der Waals surface area contributed by atoms with E-state index in [4.69, 9.17) is 10.2 Å². The minimum absolute atomic E-state index is 0.637. The molecule has 0 spiro atoms. The van der Waals surface area contributed by atoms with Crippen molar-refractivity contribution in [3.8, 4) is 0 Å². The Morgan fingerprint density at radius 3 is 2.74 bits per heavy atom. The molecule has 0 unspecified atom stereocenters. The second-order valence-electron chi connectivity index (χ2n) is 4.38. The number of hydrogen-bond donors (Lipinski definition) is 1. The zero-order chi connectivity index (χ0) is 13.4. The molecule has 5 heteroatoms. The summed E-state index contributed by atoms with van der Waals surface area (Å²) in [6.07, 6.45) is 3.46. The van der Waals surface area contributed by atoms with E-state index in [0.717, 1.165) is 32.7 Å². The van der Waals surface area contributed by atoms with Crippen LogP contribution in [0.2, 0.25) is 0 Å². The van der Waals surface area contributed by atoms with Gasteiger partial charge in [-0.05, 0) is 43.8 Å². The summed E-state index contributed by atoms with van der Waals surface area (Å²) in [6.45, 7) is 3.87. The molecule has 2 aromatic heterocycles. The van der Waals surface area contributed by atoms with E-state index in [9.17, 15) is 0 Å². The number of anilines is 1. The van der Waals surface area contributed by atoms with Crippen LogP contribution in [0, 0.1) is 13.8 Å². The highest BCUT2D eigenvalue weighted by atomic mass is 32.2. The van der Waals surface area contributed by atoms with Crippen molar-refractivity contribution in [3.05, 3.63) is 42.0 Å². The van der Waals surface area contributed by atoms with Crippen molar-refractivity contribution in [2.75, 3.05) is 5.73 Å². The van der Waals surface area contributed by atoms with Crippen LogP contribution in [0.25, 0.3) is 10.8 Å². The summed E-state index contributed by atoms with van der Waals surface area (Å²) in [5.74, 6) is 0. The van der Waals surface area contributed by atoms with Gasteiger partial charge in [0.15, 0.2) is 0 Å². The summed E-state index contributed by atoms with van der Waals surface area (Å²) in [7, 11) is 0. The smallest absolute Gasteiger partial charge is 0.260 e. The summed E-state index contributed by atoms with van der Waals surface area (Å²) in [5.41, 5.74) is 8.55. The van der Waals surface area contributed by atoms with Gasteiger partial charge in [-0.3, -0.25) is 4.98 Å². The molecular formula is C14H13N3OS. The number of nitrogen functional groups attached to an aromatic ring is 1. The molecule has 0 saturated heterocycles. The Bertz CT molecular complexity index is 752. The number of aryl methyl sites for hydroxylation is 2. The van der Waals surface area contributed by atoms with Crippen LogP contribution in [0.4, 0.5) is 5.69 Å². The third-order valence-electron chi connectivity index (χ3n) is 2.83. The number of pyridine rings is 1. The van der Waals surface area contributed by atoms with Crippen LogP contribution in [0.5, 0.6) is 0 Å². The highest BCUT2D eigenvalue weighted by molar-refractivity contribution is 7.99. The van der Waals surface area contributed by atoms with Gasteiger partial charge in [0.25, 0.3) is 5.22 Å². The maximum Gasteiger partial charge on any atom is 0.260 e. The number of benzene rings is 1. The molecule has 0 saturated carbocycles. The lowest BCUT2D eigenvalue weighted by Gasteiger charge is -2.07. The maximum atomic E-state index is 5.98. The van der Waals surface area contributed by atoms with Gasteiger partial charge in [-0.25, -0.2) is 4.98 Å². The van der Waals surface area contributed by atoms with Gasteiger partial charge in [0.1, 0.15) is 6.26 Å². The topological polar surface area (TPSA) is 64.9 Å². The van der Waals surface area contributed by atoms with E-state index in [1.165, 1.54) is 11.8 Å². The van der Waals surface area contributed by atoms with E-state index in [2.05, 4.69) is 9.97 Å². The van der Waals surface area contributed by atoms with Gasteiger partial charge in [0.2, 0.25) is 0 Å². The zero-order valence-corrected chi connectivity index (χ0v) is 11.5. The standard InChI is InChI=1S/C14H13N3OS/c1-8-5-10-11(6-16-8)12(15)3-4-13(10)19-14-17-9(2)7-18-14/h3-7H,15H2,1-2H3. The van der Waals surface area contributed by atoms with Crippen LogP contribution < -0.4 is 5.73 Å². The Balaban J connectivity index is 2.13. The molecule has 96 valence electrons. The summed E-state index contributed by atoms with van der Waals surface area (Å²) < 4.78 is 5.38. The van der Waals surface area contributed by atoms with Gasteiger partial charge >= 0.3 is 0 Å². The normalized spacial score (nSPS) is 11.1. The minimum atomic E-state index is 0.637. The lowest BCUT2D eigenvalue weighted by Crippen LogP contribution is -1.91. The molecule has 0 aliphatic carbocycles. The molecule has 19 heavy (non-hydrogen) atoms. The first kappa shape index (κ1) is 12.0. The average molecular weight is 271 g/mol. The molecule has 2 heterocycles. The number of hydrogen-bond acceptors (Lipinski definition) is 5. The summed E-state index contributed by atoms with van der Waals surface area (Å²) >= 11 is 1.49. The van der Waals surface area contributed by atoms with Gasteiger partial charge in [0, 0.05) is 33.2 Å². The number of aromatic nitrogens is 2. The van der Waals surface area contributed by atoms with Crippen LogP contribution in [0.3, 0.4) is 0 Å². The van der Waals surface area contributed by atoms with Crippen molar-refractivity contribution in [1.29, 1.82) is 0 Å². The van der Waals surface area contributed by atoms with Crippen molar-refractivity contribution >= 4 is 28.2 Å². The molecule has 0 radical (unpaired) electrons. The quantitative estimate of drug-likeness (QED) is 0.722. The monoisotopic (exact) mass is 271 g/mol. The summed E-state index contributed by atoms with van der Waals surface area (Å²) in [5, 5.41) is 2.67. The number of rotatable bonds is 2. The zero-order valence-electron chi connectivity index (χ0n) is 10.7. The Morgan fingerprint density at radius 1 is 1.16 bits per heavy atom. The predicted octanol–water partition coefficient (Wildman–Crippen LogP) is 3.57. The molecular weight excluding hydrogens is 258 g/mol. The number of nitrogens with two attached hydrogens (primary N) is 1. The van der Waals surface area contributed by atoms with E-state index in [0.29, 0.717) is 5.22 Å². The fraction of sp³-hybridized carbons (Fsp3) is 0.143. The molecule has 1 aromatic carbocycles. The van der Waals surface area contributed by atoms with Crippen LogP contribution in [-0.2, 0) is 0 Å². The second-order valence-corrected chi connectivity index (χ2v) is 5.37. The SMILES string of the molecule is Cc1cc2c(Sc3nc(C)co3)ccc(N)c2cn1. The van der Waals surface area contributed by atoms with Gasteiger partial charge in [-0.1, -0.05) is 0 Å². The maximum absolute atomic E-state index is 5.98. The molecule has 0 bridgehead atoms. The van der Waals surface area contributed by atoms with Crippen LogP contribution in [0.1, 0.15) is 11.4 Å². The van der Waals surface area contributed by atoms with Gasteiger partial charge in [-0.2, -0.15) is 0 Å². The first-order valence-corrected chi connectivity index (χ1v) is 6.70. The molecule has 2 N–H and O–H groups in total. The molecule has 3 rings (SSSR count). The molecule has 0 atom stereocenters. The minimum Gasteiger partial charge on any atom is -0.439 e. The van der Waals surface area contributed by atoms with Crippen LogP contribution in [0.15, 0.2) is 45.2 Å². The van der Waals surface area contributed by atoms with E-state index in [1.54, 1.807) is 6.26 Å². The highest BCUT2D eigenvalue weighted by Crippen LogP contribution is 2.35. The number of nitrogens with zero attached hydrogens (tertiary/aromatic N) is 2. The largest absolute Gasteiger partial charge is 0.439 e. The lowest BCUT2D eigenvalue weighted by molar-refractivity contribution is 0.454. The number of fused-ring (bicyclic) bond motifs is 1. The van der Waals surface area contributed by atoms with E-state index in [1.807, 2.05) is 38.2 Å². The van der Waals surface area contributed by atoms with E-state index >= 15 is 0 Å². The molecule has 0 aliphatic heterocycles. The Labute approximate surface area is 115 Å². The van der Waals surface area contributed by atoms with Crippen LogP contribution in [-0.4, -0.2) is 9.97 Å². The van der Waals surface area contributed by atoms with Gasteiger partial charge in [0.05, 0.1) is 5.69 Å². The second kappa shape index (κ2) is 4.59. The Morgan fingerprint density at radius 2 is 2.00 bits per heavy atom. The molecule has 0 fully saturated rings. The van der Waals surface area contributed by atoms with Crippen molar-refractivity contribution in [2.45, 2.75) is 24.0 Å². The first-order chi connectivity index (χ1) is 9.13. The first-order valence-electron chi connectivity index (χ1n) is 5.88. The fourth-order valence-electron chi connectivity index (χ4n) is 1.90. The number of oxazole rings is 1. The molecule has 4 nitrogen and oxygen atoms in total. The summed E-state index contributed by atoms with van der Waals surface area (Å²) in [6, 6.07) is 5.91. The lowest BCUT2D eigenvalue weighted by atomic mass is 10.1. The van der Waals surface area contributed by atoms with E-state index < -0.39 is 0 Å².